The zero-order chi connectivity index (χ0) is 14.2. The Kier molecular flexibility index (Phi) is 3.37. The summed E-state index contributed by atoms with van der Waals surface area (Å²) >= 11 is 0. The van der Waals surface area contributed by atoms with Gasteiger partial charge in [0.1, 0.15) is 11.7 Å². The third kappa shape index (κ3) is 2.49. The molecule has 0 spiro atoms. The average Bonchev–Trinajstić information content (AvgIpc) is 2.60. The van der Waals surface area contributed by atoms with Gasteiger partial charge in [-0.2, -0.15) is 0 Å². The van der Waals surface area contributed by atoms with Gasteiger partial charge in [0.15, 0.2) is 0 Å². The summed E-state index contributed by atoms with van der Waals surface area (Å²) in [6.07, 6.45) is 0.330. The van der Waals surface area contributed by atoms with Gasteiger partial charge in [0.25, 0.3) is 0 Å². The first-order chi connectivity index (χ1) is 8.85. The van der Waals surface area contributed by atoms with E-state index in [9.17, 15) is 9.90 Å². The van der Waals surface area contributed by atoms with Crippen LogP contribution >= 0.6 is 0 Å². The Morgan fingerprint density at radius 1 is 1.42 bits per heavy atom. The summed E-state index contributed by atoms with van der Waals surface area (Å²) in [5, 5.41) is 10.2. The summed E-state index contributed by atoms with van der Waals surface area (Å²) in [5.74, 6) is 0. The maximum absolute atomic E-state index is 12.3. The van der Waals surface area contributed by atoms with E-state index in [4.69, 9.17) is 4.74 Å². The van der Waals surface area contributed by atoms with Crippen LogP contribution in [0, 0.1) is 0 Å². The molecule has 0 saturated heterocycles. The van der Waals surface area contributed by atoms with E-state index >= 15 is 0 Å². The number of carbonyl (C=O) groups is 1. The van der Waals surface area contributed by atoms with Crippen LogP contribution in [0.4, 0.5) is 10.5 Å². The molecule has 1 aromatic carbocycles. The number of ether oxygens (including phenoxy) is 1. The molecule has 0 bridgehead atoms. The molecule has 1 aliphatic rings. The lowest BCUT2D eigenvalue weighted by Gasteiger charge is -2.28. The van der Waals surface area contributed by atoms with Crippen LogP contribution in [0.25, 0.3) is 0 Å². The summed E-state index contributed by atoms with van der Waals surface area (Å²) in [5.41, 5.74) is 0.818. The smallest absolute Gasteiger partial charge is 0.415 e. The summed E-state index contributed by atoms with van der Waals surface area (Å²) in [7, 11) is 0. The number of hydrogen-bond donors (Lipinski definition) is 1. The first kappa shape index (κ1) is 13.6. The highest BCUT2D eigenvalue weighted by Gasteiger charge is 2.40. The topological polar surface area (TPSA) is 49.8 Å². The lowest BCUT2D eigenvalue weighted by molar-refractivity contribution is 0.0549. The molecule has 4 nitrogen and oxygen atoms in total. The largest absolute Gasteiger partial charge is 0.443 e. The maximum atomic E-state index is 12.3. The second-order valence-electron chi connectivity index (χ2n) is 5.58. The van der Waals surface area contributed by atoms with Crippen molar-refractivity contribution >= 4 is 11.8 Å². The van der Waals surface area contributed by atoms with Crippen LogP contribution in [-0.4, -0.2) is 22.8 Å². The van der Waals surface area contributed by atoms with Crippen molar-refractivity contribution in [1.29, 1.82) is 0 Å². The molecule has 0 fully saturated rings. The van der Waals surface area contributed by atoms with Gasteiger partial charge in [-0.15, -0.1) is 6.58 Å². The summed E-state index contributed by atoms with van der Waals surface area (Å²) in [6, 6.07) is 6.77. The second kappa shape index (κ2) is 4.70. The number of hydrogen-bond acceptors (Lipinski definition) is 3. The molecule has 4 heteroatoms. The van der Waals surface area contributed by atoms with Crippen molar-refractivity contribution in [2.24, 2.45) is 0 Å². The van der Waals surface area contributed by atoms with Crippen LogP contribution in [0.2, 0.25) is 0 Å². The van der Waals surface area contributed by atoms with E-state index in [0.29, 0.717) is 5.69 Å². The van der Waals surface area contributed by atoms with Gasteiger partial charge in [0.05, 0.1) is 11.7 Å². The van der Waals surface area contributed by atoms with Crippen LogP contribution in [0.5, 0.6) is 0 Å². The maximum Gasteiger partial charge on any atom is 0.415 e. The van der Waals surface area contributed by atoms with Gasteiger partial charge in [-0.3, -0.25) is 4.90 Å². The number of aliphatic hydroxyl groups is 1. The van der Waals surface area contributed by atoms with Crippen molar-refractivity contribution in [2.75, 3.05) is 4.90 Å². The molecule has 0 saturated carbocycles. The fourth-order valence-electron chi connectivity index (χ4n) is 2.21. The van der Waals surface area contributed by atoms with Gasteiger partial charge in [-0.25, -0.2) is 4.79 Å². The zero-order valence-corrected chi connectivity index (χ0v) is 11.5. The molecule has 0 aromatic heterocycles. The monoisotopic (exact) mass is 261 g/mol. The molecule has 2 atom stereocenters. The van der Waals surface area contributed by atoms with Crippen LogP contribution in [0.15, 0.2) is 36.9 Å². The molecular formula is C15H19NO3. The lowest BCUT2D eigenvalue weighted by Crippen LogP contribution is -2.41. The van der Waals surface area contributed by atoms with E-state index in [1.807, 2.05) is 32.9 Å². The predicted octanol–water partition coefficient (Wildman–Crippen LogP) is 3.03. The Balaban J connectivity index is 2.38. The van der Waals surface area contributed by atoms with E-state index < -0.39 is 23.8 Å². The number of amides is 1. The summed E-state index contributed by atoms with van der Waals surface area (Å²) in [6.45, 7) is 9.13. The van der Waals surface area contributed by atoms with Crippen LogP contribution in [0.3, 0.4) is 0 Å². The molecular weight excluding hydrogens is 242 g/mol. The minimum Gasteiger partial charge on any atom is -0.443 e. The Labute approximate surface area is 113 Å². The molecule has 0 unspecified atom stereocenters. The van der Waals surface area contributed by atoms with Gasteiger partial charge >= 0.3 is 6.09 Å². The van der Waals surface area contributed by atoms with Crippen LogP contribution in [-0.2, 0) is 4.74 Å². The average molecular weight is 261 g/mol. The van der Waals surface area contributed by atoms with Crippen LogP contribution < -0.4 is 4.90 Å². The predicted molar refractivity (Wildman–Crippen MR) is 74.1 cm³/mol. The van der Waals surface area contributed by atoms with Crippen molar-refractivity contribution in [2.45, 2.75) is 38.5 Å². The Morgan fingerprint density at radius 3 is 2.63 bits per heavy atom. The normalized spacial score (nSPS) is 22.0. The first-order valence-electron chi connectivity index (χ1n) is 6.27. The highest BCUT2D eigenvalue weighted by molar-refractivity contribution is 5.92. The molecule has 0 aliphatic carbocycles. The number of nitrogens with zero attached hydrogens (tertiary/aromatic N) is 1. The van der Waals surface area contributed by atoms with Crippen molar-refractivity contribution in [1.82, 2.24) is 0 Å². The van der Waals surface area contributed by atoms with Gasteiger partial charge in [0.2, 0.25) is 0 Å². The minimum absolute atomic E-state index is 0.471. The van der Waals surface area contributed by atoms with E-state index in [1.54, 1.807) is 18.2 Å². The molecule has 1 aromatic rings. The fraction of sp³-hybridized carbons (Fsp3) is 0.400. The molecule has 19 heavy (non-hydrogen) atoms. The zero-order valence-electron chi connectivity index (χ0n) is 11.5. The molecule has 1 aliphatic heterocycles. The third-order valence-corrected chi connectivity index (χ3v) is 2.97. The van der Waals surface area contributed by atoms with Crippen molar-refractivity contribution < 1.29 is 14.6 Å². The Hall–Kier alpha value is -1.81. The van der Waals surface area contributed by atoms with Crippen molar-refractivity contribution in [3.63, 3.8) is 0 Å². The minimum atomic E-state index is -0.763. The molecule has 1 amide bonds. The quantitative estimate of drug-likeness (QED) is 0.790. The van der Waals surface area contributed by atoms with E-state index in [-0.39, 0.29) is 0 Å². The molecule has 1 N–H and O–H groups in total. The van der Waals surface area contributed by atoms with Gasteiger partial charge in [-0.05, 0) is 26.8 Å². The second-order valence-corrected chi connectivity index (χ2v) is 5.58. The molecule has 1 heterocycles. The number of aliphatic hydroxyl groups excluding tert-OH is 1. The number of carbonyl (C=O) groups excluding carboxylic acids is 1. The number of rotatable bonds is 1. The lowest BCUT2D eigenvalue weighted by atomic mass is 10.1. The van der Waals surface area contributed by atoms with Gasteiger partial charge in [0, 0.05) is 5.56 Å². The standard InChI is InChI=1S/C15H19NO3/c1-5-11-13(17)10-8-6-7-9-12(10)16(11)14(18)19-15(2,3)4/h5-9,11,13,17H,1H2,2-4H3/t11-,13+/m1/s1. The molecule has 102 valence electrons. The number of benzene rings is 1. The van der Waals surface area contributed by atoms with Crippen molar-refractivity contribution in [3.05, 3.63) is 42.5 Å². The van der Waals surface area contributed by atoms with E-state index in [0.717, 1.165) is 5.56 Å². The highest BCUT2D eigenvalue weighted by atomic mass is 16.6. The number of fused-ring (bicyclic) bond motifs is 1. The molecule has 0 radical (unpaired) electrons. The summed E-state index contributed by atoms with van der Waals surface area (Å²) < 4.78 is 5.39. The van der Waals surface area contributed by atoms with E-state index in [1.165, 1.54) is 4.90 Å². The Bertz CT molecular complexity index is 504. The first-order valence-corrected chi connectivity index (χ1v) is 6.27. The number of para-hydroxylation sites is 1. The van der Waals surface area contributed by atoms with Crippen LogP contribution in [0.1, 0.15) is 32.4 Å². The SMILES string of the molecule is C=C[C@@H]1[C@@H](O)c2ccccc2N1C(=O)OC(C)(C)C. The fourth-order valence-corrected chi connectivity index (χ4v) is 2.21. The van der Waals surface area contributed by atoms with Crippen molar-refractivity contribution in [3.8, 4) is 0 Å². The molecule has 2 rings (SSSR count). The third-order valence-electron chi connectivity index (χ3n) is 2.97. The number of anilines is 1. The van der Waals surface area contributed by atoms with E-state index in [2.05, 4.69) is 6.58 Å². The Morgan fingerprint density at radius 2 is 2.05 bits per heavy atom. The highest BCUT2D eigenvalue weighted by Crippen LogP contribution is 2.40. The van der Waals surface area contributed by atoms with Gasteiger partial charge in [-0.1, -0.05) is 24.3 Å². The van der Waals surface area contributed by atoms with Gasteiger partial charge < -0.3 is 9.84 Å². The summed E-state index contributed by atoms with van der Waals surface area (Å²) in [4.78, 5) is 13.7.